The van der Waals surface area contributed by atoms with E-state index in [4.69, 9.17) is 14.2 Å². The summed E-state index contributed by atoms with van der Waals surface area (Å²) in [4.78, 5) is 24.7. The van der Waals surface area contributed by atoms with Crippen molar-refractivity contribution in [3.05, 3.63) is 35.0 Å². The number of allylic oxidation sites excluding steroid dienone is 1. The lowest BCUT2D eigenvalue weighted by Crippen LogP contribution is -2.46. The Bertz CT molecular complexity index is 684. The molecule has 0 fully saturated rings. The van der Waals surface area contributed by atoms with Gasteiger partial charge in [-0.05, 0) is 25.5 Å². The molecule has 2 rings (SSSR count). The van der Waals surface area contributed by atoms with Crippen molar-refractivity contribution in [3.63, 3.8) is 0 Å². The first-order chi connectivity index (χ1) is 12.0. The first kappa shape index (κ1) is 18.6. The Morgan fingerprint density at radius 3 is 2.56 bits per heavy atom. The van der Waals surface area contributed by atoms with Crippen LogP contribution in [0.25, 0.3) is 0 Å². The van der Waals surface area contributed by atoms with E-state index in [2.05, 4.69) is 10.6 Å². The molecule has 0 bridgehead atoms. The second kappa shape index (κ2) is 8.41. The van der Waals surface area contributed by atoms with Gasteiger partial charge in [0.2, 0.25) is 0 Å². The van der Waals surface area contributed by atoms with Gasteiger partial charge in [-0.3, -0.25) is 0 Å². The lowest BCUT2D eigenvalue weighted by atomic mass is 9.93. The number of hydrogen-bond acceptors (Lipinski definition) is 5. The first-order valence-electron chi connectivity index (χ1n) is 8.25. The van der Waals surface area contributed by atoms with Gasteiger partial charge < -0.3 is 24.8 Å². The molecule has 0 spiro atoms. The highest BCUT2D eigenvalue weighted by atomic mass is 16.5. The minimum atomic E-state index is -0.657. The average Bonchev–Trinajstić information content (AvgIpc) is 2.61. The van der Waals surface area contributed by atoms with Gasteiger partial charge in [-0.15, -0.1) is 0 Å². The minimum Gasteiger partial charge on any atom is -0.497 e. The number of benzene rings is 1. The normalized spacial score (nSPS) is 16.8. The summed E-state index contributed by atoms with van der Waals surface area (Å²) in [7, 11) is 3.09. The molecule has 1 aromatic rings. The van der Waals surface area contributed by atoms with E-state index in [9.17, 15) is 9.59 Å². The summed E-state index contributed by atoms with van der Waals surface area (Å²) in [6, 6.07) is 4.23. The second-order valence-electron chi connectivity index (χ2n) is 5.50. The average molecular weight is 348 g/mol. The molecule has 0 saturated carbocycles. The molecule has 0 saturated heterocycles. The van der Waals surface area contributed by atoms with Crippen LogP contribution in [0.5, 0.6) is 11.5 Å². The van der Waals surface area contributed by atoms with Gasteiger partial charge >= 0.3 is 12.0 Å². The maximum atomic E-state index is 12.6. The molecule has 0 aromatic heterocycles. The number of nitrogens with one attached hydrogen (secondary N) is 2. The minimum absolute atomic E-state index is 0.252. The number of amides is 2. The van der Waals surface area contributed by atoms with E-state index in [0.717, 1.165) is 6.42 Å². The van der Waals surface area contributed by atoms with Crippen molar-refractivity contribution in [2.75, 3.05) is 20.8 Å². The SMILES string of the molecule is CCCC1=C(C(=O)OCC)C(c2ccc(OC)cc2OC)NC(=O)N1. The smallest absolute Gasteiger partial charge is 0.338 e. The molecule has 2 N–H and O–H groups in total. The van der Waals surface area contributed by atoms with Crippen molar-refractivity contribution < 1.29 is 23.8 Å². The summed E-state index contributed by atoms with van der Waals surface area (Å²) in [6.45, 7) is 3.98. The fourth-order valence-corrected chi connectivity index (χ4v) is 2.81. The van der Waals surface area contributed by atoms with Gasteiger partial charge in [0.25, 0.3) is 0 Å². The van der Waals surface area contributed by atoms with Crippen LogP contribution in [0.2, 0.25) is 0 Å². The molecule has 25 heavy (non-hydrogen) atoms. The molecule has 7 nitrogen and oxygen atoms in total. The number of ether oxygens (including phenoxy) is 3. The number of methoxy groups -OCH3 is 2. The van der Waals surface area contributed by atoms with Gasteiger partial charge in [0.15, 0.2) is 0 Å². The van der Waals surface area contributed by atoms with Gasteiger partial charge in [-0.1, -0.05) is 13.3 Å². The van der Waals surface area contributed by atoms with E-state index in [1.165, 1.54) is 7.11 Å². The van der Waals surface area contributed by atoms with Gasteiger partial charge in [0.1, 0.15) is 11.5 Å². The predicted molar refractivity (Wildman–Crippen MR) is 92.5 cm³/mol. The molecule has 136 valence electrons. The molecular formula is C18H24N2O5. The summed E-state index contributed by atoms with van der Waals surface area (Å²) >= 11 is 0. The third-order valence-corrected chi connectivity index (χ3v) is 3.90. The number of rotatable bonds is 7. The van der Waals surface area contributed by atoms with E-state index >= 15 is 0 Å². The fraction of sp³-hybridized carbons (Fsp3) is 0.444. The van der Waals surface area contributed by atoms with Crippen LogP contribution in [0, 0.1) is 0 Å². The molecular weight excluding hydrogens is 324 g/mol. The Morgan fingerprint density at radius 1 is 1.20 bits per heavy atom. The Hall–Kier alpha value is -2.70. The summed E-state index contributed by atoms with van der Waals surface area (Å²) < 4.78 is 15.9. The summed E-state index contributed by atoms with van der Waals surface area (Å²) in [6.07, 6.45) is 1.35. The Morgan fingerprint density at radius 2 is 1.96 bits per heavy atom. The molecule has 1 unspecified atom stereocenters. The number of carbonyl (C=O) groups is 2. The van der Waals surface area contributed by atoms with Crippen molar-refractivity contribution in [2.45, 2.75) is 32.7 Å². The van der Waals surface area contributed by atoms with Gasteiger partial charge in [-0.2, -0.15) is 0 Å². The van der Waals surface area contributed by atoms with Crippen LogP contribution in [0.4, 0.5) is 4.79 Å². The van der Waals surface area contributed by atoms with E-state index in [1.807, 2.05) is 6.92 Å². The topological polar surface area (TPSA) is 85.9 Å². The maximum Gasteiger partial charge on any atom is 0.338 e. The fourth-order valence-electron chi connectivity index (χ4n) is 2.81. The lowest BCUT2D eigenvalue weighted by molar-refractivity contribution is -0.139. The third kappa shape index (κ3) is 4.04. The molecule has 0 radical (unpaired) electrons. The molecule has 2 amide bonds. The maximum absolute atomic E-state index is 12.6. The second-order valence-corrected chi connectivity index (χ2v) is 5.50. The van der Waals surface area contributed by atoms with E-state index in [-0.39, 0.29) is 12.6 Å². The van der Waals surface area contributed by atoms with Crippen molar-refractivity contribution in [1.29, 1.82) is 0 Å². The van der Waals surface area contributed by atoms with Gasteiger partial charge in [0, 0.05) is 17.3 Å². The van der Waals surface area contributed by atoms with Crippen LogP contribution in [0.3, 0.4) is 0 Å². The highest BCUT2D eigenvalue weighted by Gasteiger charge is 2.34. The van der Waals surface area contributed by atoms with Crippen molar-refractivity contribution >= 4 is 12.0 Å². The highest BCUT2D eigenvalue weighted by molar-refractivity contribution is 5.95. The Kier molecular flexibility index (Phi) is 6.27. The van der Waals surface area contributed by atoms with Crippen LogP contribution >= 0.6 is 0 Å². The molecule has 7 heteroatoms. The summed E-state index contributed by atoms with van der Waals surface area (Å²) in [5, 5.41) is 5.52. The first-order valence-corrected chi connectivity index (χ1v) is 8.25. The van der Waals surface area contributed by atoms with E-state index in [0.29, 0.717) is 34.8 Å². The molecule has 0 aliphatic carbocycles. The number of urea groups is 1. The van der Waals surface area contributed by atoms with Crippen molar-refractivity contribution in [1.82, 2.24) is 10.6 Å². The summed E-state index contributed by atoms with van der Waals surface area (Å²) in [5.41, 5.74) is 1.63. The van der Waals surface area contributed by atoms with Crippen LogP contribution in [0.15, 0.2) is 29.5 Å². The lowest BCUT2D eigenvalue weighted by Gasteiger charge is -2.30. The third-order valence-electron chi connectivity index (χ3n) is 3.90. The van der Waals surface area contributed by atoms with Crippen molar-refractivity contribution in [3.8, 4) is 11.5 Å². The van der Waals surface area contributed by atoms with Crippen LogP contribution in [-0.4, -0.2) is 32.8 Å². The van der Waals surface area contributed by atoms with E-state index < -0.39 is 12.0 Å². The zero-order chi connectivity index (χ0) is 18.4. The Balaban J connectivity index is 2.57. The number of hydrogen-bond donors (Lipinski definition) is 2. The number of carbonyl (C=O) groups excluding carboxylic acids is 2. The Labute approximate surface area is 147 Å². The largest absolute Gasteiger partial charge is 0.497 e. The molecule has 1 aromatic carbocycles. The highest BCUT2D eigenvalue weighted by Crippen LogP contribution is 2.36. The quantitative estimate of drug-likeness (QED) is 0.740. The van der Waals surface area contributed by atoms with E-state index in [1.54, 1.807) is 32.2 Å². The van der Waals surface area contributed by atoms with Crippen molar-refractivity contribution in [2.24, 2.45) is 0 Å². The monoisotopic (exact) mass is 348 g/mol. The standard InChI is InChI=1S/C18H24N2O5/c1-5-7-13-15(17(21)25-6-2)16(20-18(22)19-13)12-9-8-11(23-3)10-14(12)24-4/h8-10,16H,5-7H2,1-4H3,(H2,19,20,22). The zero-order valence-electron chi connectivity index (χ0n) is 15.0. The molecule has 1 heterocycles. The van der Waals surface area contributed by atoms with Gasteiger partial charge in [0.05, 0.1) is 32.4 Å². The number of esters is 1. The summed E-state index contributed by atoms with van der Waals surface area (Å²) in [5.74, 6) is 0.682. The van der Waals surface area contributed by atoms with Gasteiger partial charge in [-0.25, -0.2) is 9.59 Å². The van der Waals surface area contributed by atoms with Crippen LogP contribution in [0.1, 0.15) is 38.3 Å². The predicted octanol–water partition coefficient (Wildman–Crippen LogP) is 2.67. The molecule has 1 aliphatic rings. The zero-order valence-corrected chi connectivity index (χ0v) is 15.0. The molecule has 1 atom stereocenters. The van der Waals surface area contributed by atoms with Crippen LogP contribution < -0.4 is 20.1 Å². The van der Waals surface area contributed by atoms with Crippen LogP contribution in [-0.2, 0) is 9.53 Å². The molecule has 1 aliphatic heterocycles.